The molecule has 1 saturated heterocycles. The van der Waals surface area contributed by atoms with Crippen molar-refractivity contribution in [2.75, 3.05) is 11.9 Å². The average molecular weight is 431 g/mol. The molecule has 1 heterocycles. The molecular weight excluding hydrogens is 409 g/mol. The van der Waals surface area contributed by atoms with Crippen molar-refractivity contribution in [3.05, 3.63) is 90.2 Å². The zero-order valence-corrected chi connectivity index (χ0v) is 17.5. The van der Waals surface area contributed by atoms with E-state index in [0.717, 1.165) is 16.0 Å². The maximum Gasteiger partial charge on any atom is 0.325 e. The van der Waals surface area contributed by atoms with Gasteiger partial charge in [0.05, 0.1) is 0 Å². The first kappa shape index (κ1) is 21.2. The average Bonchev–Trinajstić information content (AvgIpc) is 3.05. The van der Waals surface area contributed by atoms with Crippen molar-refractivity contribution >= 4 is 23.5 Å². The van der Waals surface area contributed by atoms with Gasteiger partial charge in [-0.3, -0.25) is 14.5 Å². The first-order chi connectivity index (χ1) is 15.4. The van der Waals surface area contributed by atoms with Crippen LogP contribution >= 0.6 is 0 Å². The van der Waals surface area contributed by atoms with Gasteiger partial charge in [0.25, 0.3) is 5.91 Å². The molecule has 1 atom stereocenters. The summed E-state index contributed by atoms with van der Waals surface area (Å²) in [5.41, 5.74) is 1.77. The third-order valence-electron chi connectivity index (χ3n) is 5.62. The summed E-state index contributed by atoms with van der Waals surface area (Å²) in [4.78, 5) is 39.1. The van der Waals surface area contributed by atoms with Gasteiger partial charge in [-0.05, 0) is 47.4 Å². The fraction of sp³-hybridized carbons (Fsp3) is 0.160. The number of carbonyl (C=O) groups is 3. The second-order valence-electron chi connectivity index (χ2n) is 7.58. The Hall–Kier alpha value is -4.00. The van der Waals surface area contributed by atoms with Crippen LogP contribution in [0.4, 0.5) is 14.9 Å². The molecule has 0 aliphatic carbocycles. The van der Waals surface area contributed by atoms with E-state index in [1.807, 2.05) is 42.5 Å². The minimum atomic E-state index is -1.32. The minimum absolute atomic E-state index is 0.266. The Labute approximate surface area is 185 Å². The number of nitrogens with zero attached hydrogens (tertiary/aromatic N) is 1. The van der Waals surface area contributed by atoms with Crippen molar-refractivity contribution in [3.63, 3.8) is 0 Å². The summed E-state index contributed by atoms with van der Waals surface area (Å²) in [5, 5.41) is 5.40. The van der Waals surface area contributed by atoms with Crippen LogP contribution in [-0.2, 0) is 15.1 Å². The van der Waals surface area contributed by atoms with Gasteiger partial charge in [-0.1, -0.05) is 61.5 Å². The normalized spacial score (nSPS) is 17.9. The summed E-state index contributed by atoms with van der Waals surface area (Å²) in [7, 11) is 0. The van der Waals surface area contributed by atoms with Gasteiger partial charge in [-0.2, -0.15) is 0 Å². The molecule has 1 fully saturated rings. The molecule has 1 aliphatic rings. The van der Waals surface area contributed by atoms with Crippen LogP contribution < -0.4 is 10.6 Å². The molecule has 1 aliphatic heterocycles. The minimum Gasteiger partial charge on any atom is -0.325 e. The van der Waals surface area contributed by atoms with Gasteiger partial charge in [-0.25, -0.2) is 9.18 Å². The number of benzene rings is 3. The molecule has 0 saturated carbocycles. The van der Waals surface area contributed by atoms with E-state index in [-0.39, 0.29) is 6.42 Å². The zero-order valence-electron chi connectivity index (χ0n) is 17.5. The van der Waals surface area contributed by atoms with Crippen molar-refractivity contribution in [2.24, 2.45) is 0 Å². The molecule has 3 aromatic rings. The summed E-state index contributed by atoms with van der Waals surface area (Å²) >= 11 is 0. The zero-order chi connectivity index (χ0) is 22.7. The second-order valence-corrected chi connectivity index (χ2v) is 7.58. The molecule has 0 aromatic heterocycles. The van der Waals surface area contributed by atoms with Gasteiger partial charge in [0.15, 0.2) is 0 Å². The number of hydrogen-bond donors (Lipinski definition) is 2. The highest BCUT2D eigenvalue weighted by Crippen LogP contribution is 2.32. The molecule has 3 aromatic carbocycles. The lowest BCUT2D eigenvalue weighted by molar-refractivity contribution is -0.134. The van der Waals surface area contributed by atoms with Crippen LogP contribution in [0.25, 0.3) is 11.1 Å². The maximum atomic E-state index is 13.3. The number of imide groups is 1. The molecule has 162 valence electrons. The number of rotatable bonds is 6. The Balaban J connectivity index is 1.45. The van der Waals surface area contributed by atoms with Crippen molar-refractivity contribution in [1.29, 1.82) is 0 Å². The van der Waals surface area contributed by atoms with Crippen LogP contribution in [0.15, 0.2) is 78.9 Å². The van der Waals surface area contributed by atoms with E-state index in [0.29, 0.717) is 11.3 Å². The molecule has 2 N–H and O–H groups in total. The van der Waals surface area contributed by atoms with Gasteiger partial charge >= 0.3 is 6.03 Å². The fourth-order valence-electron chi connectivity index (χ4n) is 3.86. The quantitative estimate of drug-likeness (QED) is 0.572. The van der Waals surface area contributed by atoms with E-state index in [4.69, 9.17) is 0 Å². The number of hydrogen-bond acceptors (Lipinski definition) is 3. The van der Waals surface area contributed by atoms with Crippen LogP contribution in [0.5, 0.6) is 0 Å². The number of amides is 4. The standard InChI is InChI=1S/C25H22FN3O3/c1-2-25(19-10-12-20(26)13-11-19)23(31)29(24(32)28-25)16-22(30)27-21-14-8-18(9-15-21)17-6-4-3-5-7-17/h3-15H,2,16H2,1H3,(H,27,30)(H,28,32)/t25-/m1/s1. The third kappa shape index (κ3) is 3.97. The Morgan fingerprint density at radius 1 is 0.938 bits per heavy atom. The lowest BCUT2D eigenvalue weighted by atomic mass is 9.87. The summed E-state index contributed by atoms with van der Waals surface area (Å²) in [6.07, 6.45) is 0.266. The van der Waals surface area contributed by atoms with Crippen molar-refractivity contribution in [1.82, 2.24) is 10.2 Å². The molecule has 4 rings (SSSR count). The summed E-state index contributed by atoms with van der Waals surface area (Å²) < 4.78 is 13.3. The van der Waals surface area contributed by atoms with Crippen LogP contribution in [0.1, 0.15) is 18.9 Å². The van der Waals surface area contributed by atoms with E-state index in [1.165, 1.54) is 24.3 Å². The van der Waals surface area contributed by atoms with E-state index >= 15 is 0 Å². The van der Waals surface area contributed by atoms with Gasteiger partial charge in [0, 0.05) is 5.69 Å². The molecule has 7 heteroatoms. The van der Waals surface area contributed by atoms with Gasteiger partial charge in [-0.15, -0.1) is 0 Å². The highest BCUT2D eigenvalue weighted by molar-refractivity contribution is 6.10. The number of carbonyl (C=O) groups excluding carboxylic acids is 3. The number of nitrogens with one attached hydrogen (secondary N) is 2. The SMILES string of the molecule is CC[C@]1(c2ccc(F)cc2)NC(=O)N(CC(=O)Nc2ccc(-c3ccccc3)cc2)C1=O. The second kappa shape index (κ2) is 8.63. The monoisotopic (exact) mass is 431 g/mol. The Bertz CT molecular complexity index is 1150. The molecule has 0 unspecified atom stereocenters. The first-order valence-electron chi connectivity index (χ1n) is 10.3. The molecule has 0 radical (unpaired) electrons. The fourth-order valence-corrected chi connectivity index (χ4v) is 3.86. The van der Waals surface area contributed by atoms with Crippen LogP contribution in [0, 0.1) is 5.82 Å². The molecule has 6 nitrogen and oxygen atoms in total. The third-order valence-corrected chi connectivity index (χ3v) is 5.62. The van der Waals surface area contributed by atoms with Gasteiger partial charge in [0.1, 0.15) is 17.9 Å². The van der Waals surface area contributed by atoms with Crippen LogP contribution in [0.2, 0.25) is 0 Å². The highest BCUT2D eigenvalue weighted by atomic mass is 19.1. The Morgan fingerprint density at radius 3 is 2.19 bits per heavy atom. The predicted molar refractivity (Wildman–Crippen MR) is 119 cm³/mol. The molecule has 32 heavy (non-hydrogen) atoms. The smallest absolute Gasteiger partial charge is 0.325 e. The molecule has 4 amide bonds. The number of anilines is 1. The summed E-state index contributed by atoms with van der Waals surface area (Å²) in [6, 6.07) is 21.9. The van der Waals surface area contributed by atoms with Crippen molar-refractivity contribution < 1.29 is 18.8 Å². The lowest BCUT2D eigenvalue weighted by Crippen LogP contribution is -2.44. The van der Waals surface area contributed by atoms with Gasteiger partial charge < -0.3 is 10.6 Å². The van der Waals surface area contributed by atoms with E-state index in [2.05, 4.69) is 10.6 Å². The summed E-state index contributed by atoms with van der Waals surface area (Å²) in [6.45, 7) is 1.33. The van der Waals surface area contributed by atoms with Crippen molar-refractivity contribution in [2.45, 2.75) is 18.9 Å². The molecule has 0 spiro atoms. The Morgan fingerprint density at radius 2 is 1.56 bits per heavy atom. The number of urea groups is 1. The lowest BCUT2D eigenvalue weighted by Gasteiger charge is -2.25. The van der Waals surface area contributed by atoms with E-state index in [1.54, 1.807) is 19.1 Å². The van der Waals surface area contributed by atoms with E-state index in [9.17, 15) is 18.8 Å². The van der Waals surface area contributed by atoms with Crippen LogP contribution in [-0.4, -0.2) is 29.3 Å². The molecular formula is C25H22FN3O3. The van der Waals surface area contributed by atoms with E-state index < -0.39 is 35.7 Å². The maximum absolute atomic E-state index is 13.3. The van der Waals surface area contributed by atoms with Crippen LogP contribution in [0.3, 0.4) is 0 Å². The Kier molecular flexibility index (Phi) is 5.73. The summed E-state index contributed by atoms with van der Waals surface area (Å²) in [5.74, 6) is -1.47. The topological polar surface area (TPSA) is 78.5 Å². The number of halogens is 1. The van der Waals surface area contributed by atoms with Crippen molar-refractivity contribution in [3.8, 4) is 11.1 Å². The largest absolute Gasteiger partial charge is 0.325 e. The molecule has 0 bridgehead atoms. The predicted octanol–water partition coefficient (Wildman–Crippen LogP) is 4.29. The van der Waals surface area contributed by atoms with Gasteiger partial charge in [0.2, 0.25) is 5.91 Å². The first-order valence-corrected chi connectivity index (χ1v) is 10.3. The highest BCUT2D eigenvalue weighted by Gasteiger charge is 2.51.